The van der Waals surface area contributed by atoms with Crippen LogP contribution in [0.5, 0.6) is 0 Å². The summed E-state index contributed by atoms with van der Waals surface area (Å²) in [4.78, 5) is 39.3. The lowest BCUT2D eigenvalue weighted by Gasteiger charge is -2.72. The molecule has 56 heavy (non-hydrogen) atoms. The second-order valence-electron chi connectivity index (χ2n) is 19.3. The molecule has 5 aliphatic rings. The highest BCUT2D eigenvalue weighted by Gasteiger charge is 2.73. The fourth-order valence-electron chi connectivity index (χ4n) is 12.3. The number of aliphatic hydroxyl groups is 3. The molecule has 5 aliphatic carbocycles. The van der Waals surface area contributed by atoms with Crippen LogP contribution in [0.3, 0.4) is 0 Å². The van der Waals surface area contributed by atoms with Crippen LogP contribution in [0.2, 0.25) is 0 Å². The maximum Gasteiger partial charge on any atom is 0.333 e. The van der Waals surface area contributed by atoms with E-state index in [2.05, 4.69) is 33.8 Å². The number of aliphatic hydroxyl groups excluding tert-OH is 3. The molecule has 12 atom stereocenters. The van der Waals surface area contributed by atoms with Crippen LogP contribution >= 0.6 is 0 Å². The van der Waals surface area contributed by atoms with Crippen molar-refractivity contribution in [2.45, 2.75) is 167 Å². The van der Waals surface area contributed by atoms with Crippen molar-refractivity contribution in [3.8, 4) is 0 Å². The van der Waals surface area contributed by atoms with Gasteiger partial charge in [-0.3, -0.25) is 0 Å². The van der Waals surface area contributed by atoms with Gasteiger partial charge in [0.15, 0.2) is 0 Å². The van der Waals surface area contributed by atoms with E-state index in [1.165, 1.54) is 5.57 Å². The average molecular weight is 785 g/mol. The number of carbonyl (C=O) groups excluding carboxylic acids is 3. The van der Waals surface area contributed by atoms with Gasteiger partial charge in [-0.2, -0.15) is 0 Å². The van der Waals surface area contributed by atoms with Gasteiger partial charge in [-0.05, 0) is 126 Å². The standard InChI is InChI=1S/C45H68O9.2CH4/c1-13-26(4)37(49)52-24-42(10)31-18-21-43(11)32(41(31,9)20-19-34(42)54-39(51)28(6)15-3)17-16-29-30-22-40(7,8)35(47)36(48)45(30,33(46)23-44(29,43)12)25-53-38(50)27(5)14-2;;/h13-16,30-36,46-48H,17-25H2,1-12H3;2*1H4/b26-13-,27-14-,28-15-;;/t30?,31?,32?,33-,34+,35+,36+,41+,42-,43-,44-,45+;;/m1../s1. The molecular formula is C47H76O9. The van der Waals surface area contributed by atoms with Crippen molar-refractivity contribution >= 4 is 17.9 Å². The fraction of sp³-hybridized carbons (Fsp3) is 0.766. The van der Waals surface area contributed by atoms with E-state index in [0.29, 0.717) is 36.0 Å². The third-order valence-electron chi connectivity index (χ3n) is 16.4. The summed E-state index contributed by atoms with van der Waals surface area (Å²) in [6, 6.07) is 0. The first-order valence-corrected chi connectivity index (χ1v) is 20.2. The number of rotatable bonds is 8. The Morgan fingerprint density at radius 3 is 1.82 bits per heavy atom. The Balaban J connectivity index is 0.00000420. The molecule has 0 bridgehead atoms. The molecule has 4 fully saturated rings. The second kappa shape index (κ2) is 16.5. The summed E-state index contributed by atoms with van der Waals surface area (Å²) >= 11 is 0. The maximum atomic E-state index is 13.2. The van der Waals surface area contributed by atoms with E-state index < -0.39 is 52.0 Å². The van der Waals surface area contributed by atoms with Crippen molar-refractivity contribution in [2.75, 3.05) is 13.2 Å². The van der Waals surface area contributed by atoms with Crippen molar-refractivity contribution in [1.82, 2.24) is 0 Å². The summed E-state index contributed by atoms with van der Waals surface area (Å²) in [5, 5.41) is 36.0. The normalized spacial score (nSPS) is 41.8. The van der Waals surface area contributed by atoms with Crippen LogP contribution in [-0.4, -0.2) is 70.9 Å². The van der Waals surface area contributed by atoms with E-state index in [9.17, 15) is 29.7 Å². The number of carbonyl (C=O) groups is 3. The van der Waals surface area contributed by atoms with E-state index in [4.69, 9.17) is 14.2 Å². The molecule has 0 aromatic heterocycles. The van der Waals surface area contributed by atoms with Gasteiger partial charge in [-0.15, -0.1) is 0 Å². The first kappa shape index (κ1) is 47.6. The van der Waals surface area contributed by atoms with Crippen molar-refractivity contribution < 1.29 is 43.9 Å². The molecule has 9 nitrogen and oxygen atoms in total. The molecule has 9 heteroatoms. The van der Waals surface area contributed by atoms with Crippen LogP contribution < -0.4 is 0 Å². The lowest BCUT2D eigenvalue weighted by Crippen LogP contribution is -2.72. The number of esters is 3. The Kier molecular flexibility index (Phi) is 14.0. The number of allylic oxidation sites excluding steroid dienone is 5. The molecule has 0 amide bonds. The lowest BCUT2D eigenvalue weighted by atomic mass is 9.33. The predicted octanol–water partition coefficient (Wildman–Crippen LogP) is 8.85. The molecule has 0 aliphatic heterocycles. The topological polar surface area (TPSA) is 140 Å². The van der Waals surface area contributed by atoms with E-state index in [1.54, 1.807) is 45.9 Å². The quantitative estimate of drug-likeness (QED) is 0.0954. The largest absolute Gasteiger partial charge is 0.462 e. The summed E-state index contributed by atoms with van der Waals surface area (Å²) in [6.45, 7) is 23.7. The zero-order valence-electron chi connectivity index (χ0n) is 35.0. The Morgan fingerprint density at radius 1 is 0.732 bits per heavy atom. The van der Waals surface area contributed by atoms with E-state index >= 15 is 0 Å². The van der Waals surface area contributed by atoms with Crippen LogP contribution in [0.1, 0.15) is 143 Å². The minimum atomic E-state index is -1.30. The molecule has 3 N–H and O–H groups in total. The van der Waals surface area contributed by atoms with Gasteiger partial charge in [0.05, 0.1) is 23.7 Å². The van der Waals surface area contributed by atoms with Crippen LogP contribution in [-0.2, 0) is 28.6 Å². The highest BCUT2D eigenvalue weighted by molar-refractivity contribution is 5.88. The number of ether oxygens (including phenoxy) is 3. The van der Waals surface area contributed by atoms with Gasteiger partial charge in [0.25, 0.3) is 0 Å². The summed E-state index contributed by atoms with van der Waals surface area (Å²) in [5.74, 6) is -1.27. The van der Waals surface area contributed by atoms with Crippen molar-refractivity contribution in [2.24, 2.45) is 50.2 Å². The van der Waals surface area contributed by atoms with Crippen molar-refractivity contribution in [1.29, 1.82) is 0 Å². The molecule has 0 spiro atoms. The van der Waals surface area contributed by atoms with Crippen LogP contribution in [0.25, 0.3) is 0 Å². The van der Waals surface area contributed by atoms with Crippen molar-refractivity contribution in [3.63, 3.8) is 0 Å². The van der Waals surface area contributed by atoms with E-state index in [0.717, 1.165) is 25.7 Å². The Labute approximate surface area is 338 Å². The molecule has 3 unspecified atom stereocenters. The summed E-state index contributed by atoms with van der Waals surface area (Å²) in [5.41, 5.74) is -0.784. The fourth-order valence-corrected chi connectivity index (χ4v) is 12.3. The molecule has 0 saturated heterocycles. The maximum absolute atomic E-state index is 13.2. The average Bonchev–Trinajstić information content (AvgIpc) is 3.12. The van der Waals surface area contributed by atoms with Gasteiger partial charge in [0, 0.05) is 22.1 Å². The SMILES string of the molecule is C.C.C/C=C(/C)C(=O)OC[C@@]12C(CC(C)(C)[C@@H](O)[C@@H]1O)C1=CCC3[C@@]4(C)CC[C@H](OC(=O)/C(C)=C\C)[C@](C)(COC(=O)/C(C)=C\C)C4CC[C@@]3(C)[C@]1(C)C[C@H]2O. The zero-order chi connectivity index (χ0) is 40.4. The third kappa shape index (κ3) is 7.07. The number of hydrogen-bond acceptors (Lipinski definition) is 9. The highest BCUT2D eigenvalue weighted by Crippen LogP contribution is 2.76. The van der Waals surface area contributed by atoms with Gasteiger partial charge in [-0.1, -0.05) is 86.3 Å². The second-order valence-corrected chi connectivity index (χ2v) is 19.3. The molecule has 0 aromatic carbocycles. The lowest BCUT2D eigenvalue weighted by molar-refractivity contribution is -0.261. The van der Waals surface area contributed by atoms with Crippen molar-refractivity contribution in [3.05, 3.63) is 46.6 Å². The summed E-state index contributed by atoms with van der Waals surface area (Å²) < 4.78 is 18.2. The summed E-state index contributed by atoms with van der Waals surface area (Å²) in [7, 11) is 0. The monoisotopic (exact) mass is 785 g/mol. The molecule has 4 saturated carbocycles. The summed E-state index contributed by atoms with van der Waals surface area (Å²) in [6.07, 6.45) is 8.44. The van der Waals surface area contributed by atoms with Gasteiger partial charge < -0.3 is 29.5 Å². The Morgan fingerprint density at radius 2 is 1.27 bits per heavy atom. The van der Waals surface area contributed by atoms with Gasteiger partial charge >= 0.3 is 17.9 Å². The van der Waals surface area contributed by atoms with Crippen LogP contribution in [0.15, 0.2) is 46.6 Å². The molecular weight excluding hydrogens is 709 g/mol. The predicted molar refractivity (Wildman–Crippen MR) is 221 cm³/mol. The molecule has 5 rings (SSSR count). The molecule has 0 aromatic rings. The number of hydrogen-bond donors (Lipinski definition) is 3. The Bertz CT molecular complexity index is 1640. The van der Waals surface area contributed by atoms with E-state index in [1.807, 2.05) is 27.7 Å². The third-order valence-corrected chi connectivity index (χ3v) is 16.4. The minimum absolute atomic E-state index is 0. The van der Waals surface area contributed by atoms with Gasteiger partial charge in [-0.25, -0.2) is 14.4 Å². The van der Waals surface area contributed by atoms with Crippen LogP contribution in [0, 0.1) is 50.2 Å². The highest BCUT2D eigenvalue weighted by atomic mass is 16.6. The Hall–Kier alpha value is -2.75. The first-order chi connectivity index (χ1) is 25.0. The first-order valence-electron chi connectivity index (χ1n) is 20.2. The smallest absolute Gasteiger partial charge is 0.333 e. The van der Waals surface area contributed by atoms with Gasteiger partial charge in [0.2, 0.25) is 0 Å². The molecule has 318 valence electrons. The molecule has 0 heterocycles. The number of fused-ring (bicyclic) bond motifs is 7. The van der Waals surface area contributed by atoms with Gasteiger partial charge in [0.1, 0.15) is 19.3 Å². The van der Waals surface area contributed by atoms with Crippen LogP contribution in [0.4, 0.5) is 0 Å². The molecule has 0 radical (unpaired) electrons. The van der Waals surface area contributed by atoms with E-state index in [-0.39, 0.29) is 68.6 Å². The minimum Gasteiger partial charge on any atom is -0.462 e. The zero-order valence-corrected chi connectivity index (χ0v) is 35.0.